The molecule has 0 saturated heterocycles. The maximum Gasteiger partial charge on any atom is 0.0821 e. The summed E-state index contributed by atoms with van der Waals surface area (Å²) < 4.78 is 0. The van der Waals surface area contributed by atoms with E-state index in [-0.39, 0.29) is 0 Å². The summed E-state index contributed by atoms with van der Waals surface area (Å²) in [4.78, 5) is 0. The monoisotopic (exact) mass is 273 g/mol. The molecule has 0 heterocycles. The first kappa shape index (κ1) is 15.0. The van der Waals surface area contributed by atoms with E-state index >= 15 is 0 Å². The lowest BCUT2D eigenvalue weighted by molar-refractivity contribution is 0.0797. The van der Waals surface area contributed by atoms with Crippen molar-refractivity contribution in [3.8, 4) is 0 Å². The van der Waals surface area contributed by atoms with E-state index in [9.17, 15) is 10.2 Å². The van der Waals surface area contributed by atoms with Gasteiger partial charge in [0.05, 0.1) is 12.2 Å². The van der Waals surface area contributed by atoms with Gasteiger partial charge in [0.15, 0.2) is 0 Å². The SMILES string of the molecule is CC(C)NCC(O)CC(O)c1cccc2ccccc12. The molecule has 3 N–H and O–H groups in total. The maximum atomic E-state index is 10.4. The minimum Gasteiger partial charge on any atom is -0.392 e. The molecule has 0 aliphatic heterocycles. The quantitative estimate of drug-likeness (QED) is 0.758. The second-order valence-electron chi connectivity index (χ2n) is 5.54. The van der Waals surface area contributed by atoms with Crippen molar-refractivity contribution in [1.82, 2.24) is 5.32 Å². The molecule has 108 valence electrons. The molecule has 0 spiro atoms. The van der Waals surface area contributed by atoms with Gasteiger partial charge in [-0.1, -0.05) is 56.3 Å². The highest BCUT2D eigenvalue weighted by molar-refractivity contribution is 5.85. The largest absolute Gasteiger partial charge is 0.392 e. The molecule has 3 heteroatoms. The summed E-state index contributed by atoms with van der Waals surface area (Å²) in [6.45, 7) is 4.57. The van der Waals surface area contributed by atoms with Crippen molar-refractivity contribution in [1.29, 1.82) is 0 Å². The molecule has 0 amide bonds. The Balaban J connectivity index is 2.09. The fourth-order valence-corrected chi connectivity index (χ4v) is 2.38. The average molecular weight is 273 g/mol. The molecular formula is C17H23NO2. The van der Waals surface area contributed by atoms with Gasteiger partial charge in [-0.3, -0.25) is 0 Å². The summed E-state index contributed by atoms with van der Waals surface area (Å²) in [6.07, 6.45) is -0.857. The van der Waals surface area contributed by atoms with E-state index in [1.165, 1.54) is 0 Å². The summed E-state index contributed by atoms with van der Waals surface area (Å²) in [7, 11) is 0. The molecule has 2 unspecified atom stereocenters. The number of aliphatic hydroxyl groups excluding tert-OH is 2. The van der Waals surface area contributed by atoms with Gasteiger partial charge in [-0.15, -0.1) is 0 Å². The lowest BCUT2D eigenvalue weighted by Crippen LogP contribution is -2.32. The molecule has 0 bridgehead atoms. The Morgan fingerprint density at radius 3 is 2.45 bits per heavy atom. The molecule has 0 fully saturated rings. The van der Waals surface area contributed by atoms with E-state index in [1.54, 1.807) is 0 Å². The van der Waals surface area contributed by atoms with Crippen molar-refractivity contribution in [3.63, 3.8) is 0 Å². The summed E-state index contributed by atoms with van der Waals surface area (Å²) >= 11 is 0. The van der Waals surface area contributed by atoms with Crippen LogP contribution in [0.1, 0.15) is 31.9 Å². The lowest BCUT2D eigenvalue weighted by Gasteiger charge is -2.19. The molecular weight excluding hydrogens is 250 g/mol. The molecule has 0 radical (unpaired) electrons. The van der Waals surface area contributed by atoms with Gasteiger partial charge in [-0.2, -0.15) is 0 Å². The van der Waals surface area contributed by atoms with Gasteiger partial charge in [0.25, 0.3) is 0 Å². The molecule has 3 nitrogen and oxygen atoms in total. The molecule has 0 saturated carbocycles. The number of aliphatic hydroxyl groups is 2. The van der Waals surface area contributed by atoms with Crippen molar-refractivity contribution in [2.24, 2.45) is 0 Å². The van der Waals surface area contributed by atoms with E-state index < -0.39 is 12.2 Å². The predicted molar refractivity (Wildman–Crippen MR) is 82.7 cm³/mol. The van der Waals surface area contributed by atoms with Crippen LogP contribution < -0.4 is 5.32 Å². The zero-order chi connectivity index (χ0) is 14.5. The number of hydrogen-bond donors (Lipinski definition) is 3. The van der Waals surface area contributed by atoms with E-state index in [4.69, 9.17) is 0 Å². The van der Waals surface area contributed by atoms with Crippen LogP contribution in [0, 0.1) is 0 Å². The van der Waals surface area contributed by atoms with Crippen molar-refractivity contribution in [2.45, 2.75) is 38.5 Å². The van der Waals surface area contributed by atoms with Crippen LogP contribution in [-0.2, 0) is 0 Å². The van der Waals surface area contributed by atoms with Crippen LogP contribution in [0.2, 0.25) is 0 Å². The minimum atomic E-state index is -0.648. The summed E-state index contributed by atoms with van der Waals surface area (Å²) in [6, 6.07) is 14.2. The van der Waals surface area contributed by atoms with Crippen LogP contribution in [-0.4, -0.2) is 28.9 Å². The molecule has 2 rings (SSSR count). The fourth-order valence-electron chi connectivity index (χ4n) is 2.38. The highest BCUT2D eigenvalue weighted by atomic mass is 16.3. The molecule has 0 aliphatic rings. The Morgan fingerprint density at radius 1 is 1.00 bits per heavy atom. The third kappa shape index (κ3) is 3.79. The predicted octanol–water partition coefficient (Wildman–Crippen LogP) is 2.62. The summed E-state index contributed by atoms with van der Waals surface area (Å²) in [5, 5.41) is 25.7. The standard InChI is InChI=1S/C17H23NO2/c1-12(2)18-11-14(19)10-17(20)16-9-5-7-13-6-3-4-8-15(13)16/h3-9,12,14,17-20H,10-11H2,1-2H3. The van der Waals surface area contributed by atoms with Crippen LogP contribution in [0.5, 0.6) is 0 Å². The van der Waals surface area contributed by atoms with E-state index in [0.29, 0.717) is 19.0 Å². The van der Waals surface area contributed by atoms with E-state index in [1.807, 2.05) is 56.3 Å². The Bertz CT molecular complexity index is 548. The van der Waals surface area contributed by atoms with Crippen LogP contribution in [0.3, 0.4) is 0 Å². The second kappa shape index (κ2) is 6.84. The number of nitrogens with one attached hydrogen (secondary N) is 1. The van der Waals surface area contributed by atoms with Crippen molar-refractivity contribution in [3.05, 3.63) is 48.0 Å². The number of hydrogen-bond acceptors (Lipinski definition) is 3. The van der Waals surface area contributed by atoms with Crippen LogP contribution >= 0.6 is 0 Å². The average Bonchev–Trinajstić information content (AvgIpc) is 2.44. The number of benzene rings is 2. The fraction of sp³-hybridized carbons (Fsp3) is 0.412. The van der Waals surface area contributed by atoms with Gasteiger partial charge in [-0.05, 0) is 16.3 Å². The minimum absolute atomic E-state index is 0.333. The van der Waals surface area contributed by atoms with Crippen molar-refractivity contribution in [2.75, 3.05) is 6.54 Å². The molecule has 2 atom stereocenters. The van der Waals surface area contributed by atoms with Gasteiger partial charge in [0.2, 0.25) is 0 Å². The smallest absolute Gasteiger partial charge is 0.0821 e. The first-order chi connectivity index (χ1) is 9.58. The first-order valence-electron chi connectivity index (χ1n) is 7.15. The Labute approximate surface area is 120 Å². The Morgan fingerprint density at radius 2 is 1.70 bits per heavy atom. The van der Waals surface area contributed by atoms with Crippen molar-refractivity contribution < 1.29 is 10.2 Å². The van der Waals surface area contributed by atoms with Gasteiger partial charge in [-0.25, -0.2) is 0 Å². The van der Waals surface area contributed by atoms with Crippen molar-refractivity contribution >= 4 is 10.8 Å². The van der Waals surface area contributed by atoms with Gasteiger partial charge in [0.1, 0.15) is 0 Å². The molecule has 2 aromatic carbocycles. The van der Waals surface area contributed by atoms with E-state index in [0.717, 1.165) is 16.3 Å². The highest BCUT2D eigenvalue weighted by Gasteiger charge is 2.16. The highest BCUT2D eigenvalue weighted by Crippen LogP contribution is 2.26. The maximum absolute atomic E-state index is 10.4. The van der Waals surface area contributed by atoms with Crippen LogP contribution in [0.25, 0.3) is 10.8 Å². The molecule has 20 heavy (non-hydrogen) atoms. The number of fused-ring (bicyclic) bond motifs is 1. The van der Waals surface area contributed by atoms with Crippen LogP contribution in [0.4, 0.5) is 0 Å². The number of rotatable bonds is 6. The van der Waals surface area contributed by atoms with Crippen LogP contribution in [0.15, 0.2) is 42.5 Å². The van der Waals surface area contributed by atoms with Gasteiger partial charge >= 0.3 is 0 Å². The second-order valence-corrected chi connectivity index (χ2v) is 5.54. The zero-order valence-electron chi connectivity index (χ0n) is 12.1. The zero-order valence-corrected chi connectivity index (χ0v) is 12.1. The summed E-state index contributed by atoms with van der Waals surface area (Å²) in [5.74, 6) is 0. The van der Waals surface area contributed by atoms with Gasteiger partial charge < -0.3 is 15.5 Å². The Kier molecular flexibility index (Phi) is 5.12. The summed E-state index contributed by atoms with van der Waals surface area (Å²) in [5.41, 5.74) is 0.881. The topological polar surface area (TPSA) is 52.5 Å². The third-order valence-electron chi connectivity index (χ3n) is 3.44. The normalized spacial score (nSPS) is 14.7. The van der Waals surface area contributed by atoms with E-state index in [2.05, 4.69) is 5.32 Å². The molecule has 0 aliphatic carbocycles. The first-order valence-corrected chi connectivity index (χ1v) is 7.15. The Hall–Kier alpha value is -1.42. The third-order valence-corrected chi connectivity index (χ3v) is 3.44. The van der Waals surface area contributed by atoms with Gasteiger partial charge in [0, 0.05) is 19.0 Å². The molecule has 0 aromatic heterocycles. The molecule has 2 aromatic rings. The lowest BCUT2D eigenvalue weighted by atomic mass is 9.97.